The van der Waals surface area contributed by atoms with Crippen molar-refractivity contribution in [3.63, 3.8) is 0 Å². The molecule has 2 aromatic rings. The summed E-state index contributed by atoms with van der Waals surface area (Å²) in [5, 5.41) is 11.0. The zero-order valence-corrected chi connectivity index (χ0v) is 14.2. The van der Waals surface area contributed by atoms with E-state index < -0.39 is 23.0 Å². The molecule has 0 heterocycles. The van der Waals surface area contributed by atoms with Gasteiger partial charge in [0.05, 0.1) is 12.8 Å². The van der Waals surface area contributed by atoms with Crippen LogP contribution < -0.4 is 0 Å². The first-order chi connectivity index (χ1) is 12.0. The van der Waals surface area contributed by atoms with Gasteiger partial charge in [0.1, 0.15) is 0 Å². The lowest BCUT2D eigenvalue weighted by Gasteiger charge is -2.15. The molecule has 0 unspecified atom stereocenters. The van der Waals surface area contributed by atoms with Gasteiger partial charge in [0, 0.05) is 29.4 Å². The Hall–Kier alpha value is -3.02. The monoisotopic (exact) mass is 340 g/mol. The van der Waals surface area contributed by atoms with Crippen LogP contribution in [0.5, 0.6) is 0 Å². The third kappa shape index (κ3) is 4.97. The number of methoxy groups -OCH3 is 1. The number of carbonyl (C=O) groups excluding carboxylic acids is 1. The molecule has 0 bridgehead atoms. The number of hydrogen-bond acceptors (Lipinski definition) is 5. The lowest BCUT2D eigenvalue weighted by atomic mass is 10.0. The highest BCUT2D eigenvalue weighted by Gasteiger charge is 2.27. The van der Waals surface area contributed by atoms with Gasteiger partial charge < -0.3 is 4.74 Å². The Labute approximate surface area is 146 Å². The molecule has 2 aromatic carbocycles. The molecule has 6 nitrogen and oxygen atoms in total. The van der Waals surface area contributed by atoms with Crippen LogP contribution in [0.15, 0.2) is 65.7 Å². The van der Waals surface area contributed by atoms with Gasteiger partial charge in [-0.25, -0.2) is 4.79 Å². The summed E-state index contributed by atoms with van der Waals surface area (Å²) >= 11 is 0. The molecule has 0 amide bonds. The predicted molar refractivity (Wildman–Crippen MR) is 95.4 cm³/mol. The molecule has 0 aliphatic carbocycles. The lowest BCUT2D eigenvalue weighted by molar-refractivity contribution is -0.519. The minimum atomic E-state index is -0.944. The molecule has 0 spiro atoms. The van der Waals surface area contributed by atoms with E-state index in [0.717, 1.165) is 11.1 Å². The maximum Gasteiger partial charge on any atom is 0.330 e. The number of carbonyl (C=O) groups is 1. The minimum Gasteiger partial charge on any atom is -0.467 e. The number of nitrogens with zero attached hydrogens (tertiary/aromatic N) is 2. The summed E-state index contributed by atoms with van der Waals surface area (Å²) in [6, 6.07) is 17.0. The van der Waals surface area contributed by atoms with Gasteiger partial charge in [-0.2, -0.15) is 0 Å². The standard InChI is InChI=1S/C19H20N2O4/c1-14(21(23)24)13-17(19(22)25-2)20-18(15-9-5-3-6-10-15)16-11-7-4-8-12-16/h3-12,14,17H,13H2,1-2H3/t14-,17+/m1/s1. The second kappa shape index (κ2) is 8.73. The second-order valence-corrected chi connectivity index (χ2v) is 5.62. The highest BCUT2D eigenvalue weighted by Crippen LogP contribution is 2.15. The van der Waals surface area contributed by atoms with Crippen molar-refractivity contribution in [1.29, 1.82) is 0 Å². The van der Waals surface area contributed by atoms with Crippen LogP contribution in [0.2, 0.25) is 0 Å². The number of aliphatic imine (C=N–C) groups is 1. The van der Waals surface area contributed by atoms with E-state index in [4.69, 9.17) is 4.74 Å². The van der Waals surface area contributed by atoms with Crippen molar-refractivity contribution in [1.82, 2.24) is 0 Å². The van der Waals surface area contributed by atoms with Crippen LogP contribution in [-0.2, 0) is 9.53 Å². The van der Waals surface area contributed by atoms with Crippen LogP contribution >= 0.6 is 0 Å². The van der Waals surface area contributed by atoms with Crippen molar-refractivity contribution in [2.75, 3.05) is 7.11 Å². The fourth-order valence-electron chi connectivity index (χ4n) is 2.41. The fraction of sp³-hybridized carbons (Fsp3) is 0.263. The van der Waals surface area contributed by atoms with Crippen LogP contribution in [0.25, 0.3) is 0 Å². The highest BCUT2D eigenvalue weighted by molar-refractivity contribution is 6.13. The summed E-state index contributed by atoms with van der Waals surface area (Å²) in [5.74, 6) is -0.585. The van der Waals surface area contributed by atoms with Gasteiger partial charge in [0.2, 0.25) is 6.04 Å². The van der Waals surface area contributed by atoms with E-state index in [1.165, 1.54) is 14.0 Å². The van der Waals surface area contributed by atoms with Crippen molar-refractivity contribution in [3.8, 4) is 0 Å². The topological polar surface area (TPSA) is 81.8 Å². The Morgan fingerprint density at radius 1 is 1.08 bits per heavy atom. The molecule has 0 saturated heterocycles. The van der Waals surface area contributed by atoms with Crippen molar-refractivity contribution < 1.29 is 14.5 Å². The zero-order valence-electron chi connectivity index (χ0n) is 14.2. The average molecular weight is 340 g/mol. The third-order valence-corrected chi connectivity index (χ3v) is 3.78. The number of esters is 1. The molecule has 0 aliphatic heterocycles. The van der Waals surface area contributed by atoms with E-state index in [-0.39, 0.29) is 6.42 Å². The Bertz CT molecular complexity index is 703. The Morgan fingerprint density at radius 2 is 1.56 bits per heavy atom. The van der Waals surface area contributed by atoms with E-state index >= 15 is 0 Å². The first-order valence-electron chi connectivity index (χ1n) is 7.93. The molecular formula is C19H20N2O4. The number of rotatable bonds is 7. The molecule has 25 heavy (non-hydrogen) atoms. The van der Waals surface area contributed by atoms with Gasteiger partial charge in [-0.15, -0.1) is 0 Å². The molecule has 0 saturated carbocycles. The van der Waals surface area contributed by atoms with Gasteiger partial charge in [0.15, 0.2) is 6.04 Å². The number of hydrogen-bond donors (Lipinski definition) is 0. The molecule has 2 atom stereocenters. The van der Waals surface area contributed by atoms with Crippen molar-refractivity contribution in [2.45, 2.75) is 25.4 Å². The summed E-state index contributed by atoms with van der Waals surface area (Å²) in [6.07, 6.45) is -0.0250. The average Bonchev–Trinajstić information content (AvgIpc) is 2.65. The van der Waals surface area contributed by atoms with Crippen LogP contribution in [0.4, 0.5) is 0 Å². The molecular weight excluding hydrogens is 320 g/mol. The Kier molecular flexibility index (Phi) is 6.39. The Balaban J connectivity index is 2.48. The third-order valence-electron chi connectivity index (χ3n) is 3.78. The molecule has 0 aliphatic rings. The minimum absolute atomic E-state index is 0.0250. The Morgan fingerprint density at radius 3 is 1.96 bits per heavy atom. The maximum absolute atomic E-state index is 12.1. The van der Waals surface area contributed by atoms with Gasteiger partial charge in [-0.1, -0.05) is 60.7 Å². The van der Waals surface area contributed by atoms with Gasteiger partial charge >= 0.3 is 5.97 Å². The quantitative estimate of drug-likeness (QED) is 0.336. The first kappa shape index (κ1) is 18.3. The molecule has 6 heteroatoms. The molecule has 130 valence electrons. The van der Waals surface area contributed by atoms with Crippen LogP contribution in [0.1, 0.15) is 24.5 Å². The number of ether oxygens (including phenoxy) is 1. The SMILES string of the molecule is COC(=O)[C@H](C[C@@H](C)[N+](=O)[O-])N=C(c1ccccc1)c1ccccc1. The molecule has 0 N–H and O–H groups in total. The van der Waals surface area contributed by atoms with Crippen LogP contribution in [-0.4, -0.2) is 35.8 Å². The molecule has 0 fully saturated rings. The highest BCUT2D eigenvalue weighted by atomic mass is 16.6. The van der Waals surface area contributed by atoms with Gasteiger partial charge in [-0.05, 0) is 0 Å². The predicted octanol–water partition coefficient (Wildman–Crippen LogP) is 3.12. The van der Waals surface area contributed by atoms with Gasteiger partial charge in [0.25, 0.3) is 0 Å². The zero-order chi connectivity index (χ0) is 18.2. The molecule has 0 radical (unpaired) electrons. The van der Waals surface area contributed by atoms with Crippen molar-refractivity contribution in [2.24, 2.45) is 4.99 Å². The van der Waals surface area contributed by atoms with Crippen molar-refractivity contribution in [3.05, 3.63) is 81.9 Å². The smallest absolute Gasteiger partial charge is 0.330 e. The normalized spacial score (nSPS) is 12.7. The summed E-state index contributed by atoms with van der Waals surface area (Å²) in [4.78, 5) is 27.2. The molecule has 2 rings (SSSR count). The molecule has 0 aromatic heterocycles. The van der Waals surface area contributed by atoms with E-state index in [0.29, 0.717) is 5.71 Å². The van der Waals surface area contributed by atoms with E-state index in [1.54, 1.807) is 0 Å². The largest absolute Gasteiger partial charge is 0.467 e. The van der Waals surface area contributed by atoms with Crippen LogP contribution in [0.3, 0.4) is 0 Å². The van der Waals surface area contributed by atoms with Crippen LogP contribution in [0, 0.1) is 10.1 Å². The summed E-state index contributed by atoms with van der Waals surface area (Å²) < 4.78 is 4.80. The summed E-state index contributed by atoms with van der Waals surface area (Å²) in [5.41, 5.74) is 2.26. The maximum atomic E-state index is 12.1. The first-order valence-corrected chi connectivity index (χ1v) is 7.93. The van der Waals surface area contributed by atoms with E-state index in [1.807, 2.05) is 60.7 Å². The summed E-state index contributed by atoms with van der Waals surface area (Å²) in [6.45, 7) is 1.45. The van der Waals surface area contributed by atoms with Gasteiger partial charge in [-0.3, -0.25) is 15.1 Å². The number of benzene rings is 2. The fourth-order valence-corrected chi connectivity index (χ4v) is 2.41. The second-order valence-electron chi connectivity index (χ2n) is 5.62. The van der Waals surface area contributed by atoms with E-state index in [9.17, 15) is 14.9 Å². The van der Waals surface area contributed by atoms with E-state index in [2.05, 4.69) is 4.99 Å². The number of nitro groups is 1. The lowest BCUT2D eigenvalue weighted by Crippen LogP contribution is -2.29. The van der Waals surface area contributed by atoms with Crippen molar-refractivity contribution >= 4 is 11.7 Å². The summed E-state index contributed by atoms with van der Waals surface area (Å²) in [7, 11) is 1.26.